The van der Waals surface area contributed by atoms with Gasteiger partial charge in [-0.05, 0) is 18.2 Å². The average Bonchev–Trinajstić information content (AvgIpc) is 2.37. The van der Waals surface area contributed by atoms with Gasteiger partial charge in [-0.25, -0.2) is 21.9 Å². The van der Waals surface area contributed by atoms with E-state index in [-0.39, 0.29) is 22.9 Å². The third-order valence-corrected chi connectivity index (χ3v) is 3.49. The number of benzene rings is 1. The molecule has 19 heavy (non-hydrogen) atoms. The summed E-state index contributed by atoms with van der Waals surface area (Å²) in [6.07, 6.45) is 0. The normalized spacial score (nSPS) is 11.5. The van der Waals surface area contributed by atoms with Crippen LogP contribution in [0, 0.1) is 11.3 Å². The molecule has 9 heteroatoms. The van der Waals surface area contributed by atoms with Crippen LogP contribution in [-0.4, -0.2) is 27.4 Å². The molecular weight excluding hydrogens is 300 g/mol. The molecule has 0 aromatic heterocycles. The molecular formula is C10H12ClF2N3O2S. The number of nitriles is 1. The van der Waals surface area contributed by atoms with Crippen LogP contribution in [0.15, 0.2) is 29.2 Å². The number of hydrogen-bond donors (Lipinski definition) is 2. The first-order chi connectivity index (χ1) is 8.30. The summed E-state index contributed by atoms with van der Waals surface area (Å²) >= 11 is 0. The lowest BCUT2D eigenvalue weighted by Gasteiger charge is -2.14. The minimum atomic E-state index is -4.07. The first-order valence-corrected chi connectivity index (χ1v) is 6.37. The molecule has 1 rings (SSSR count). The Kier molecular flexibility index (Phi) is 6.32. The molecule has 5 nitrogen and oxygen atoms in total. The van der Waals surface area contributed by atoms with E-state index in [9.17, 15) is 17.2 Å². The first kappa shape index (κ1) is 17.7. The Labute approximate surface area is 115 Å². The lowest BCUT2D eigenvalue weighted by molar-refractivity contribution is 0.0170. The van der Waals surface area contributed by atoms with Gasteiger partial charge in [0.05, 0.1) is 29.6 Å². The van der Waals surface area contributed by atoms with E-state index < -0.39 is 29.0 Å². The molecule has 3 N–H and O–H groups in total. The summed E-state index contributed by atoms with van der Waals surface area (Å²) in [6.45, 7) is -2.03. The highest BCUT2D eigenvalue weighted by Gasteiger charge is 2.29. The number of alkyl halides is 2. The highest BCUT2D eigenvalue weighted by Crippen LogP contribution is 2.14. The molecule has 106 valence electrons. The maximum Gasteiger partial charge on any atom is 0.273 e. The van der Waals surface area contributed by atoms with Crippen molar-refractivity contribution in [2.45, 2.75) is 10.8 Å². The standard InChI is InChI=1S/C10H11F2N3O2S.ClH/c11-10(12,6-14)7-15-18(16,17)9-3-1-2-8(4-9)5-13;/h1-4,15H,6-7,14H2;1H. The summed E-state index contributed by atoms with van der Waals surface area (Å²) < 4.78 is 50.8. The van der Waals surface area contributed by atoms with Gasteiger partial charge in [0.25, 0.3) is 5.92 Å². The van der Waals surface area contributed by atoms with E-state index in [2.05, 4.69) is 0 Å². The van der Waals surface area contributed by atoms with Crippen LogP contribution in [0.3, 0.4) is 0 Å². The van der Waals surface area contributed by atoms with Crippen molar-refractivity contribution in [3.63, 3.8) is 0 Å². The summed E-state index contributed by atoms with van der Waals surface area (Å²) in [5.41, 5.74) is 4.92. The van der Waals surface area contributed by atoms with Crippen LogP contribution < -0.4 is 10.5 Å². The smallest absolute Gasteiger partial charge is 0.273 e. The third kappa shape index (κ3) is 5.08. The molecule has 0 aliphatic heterocycles. The van der Waals surface area contributed by atoms with Crippen LogP contribution in [0.2, 0.25) is 0 Å². The minimum Gasteiger partial charge on any atom is -0.325 e. The van der Waals surface area contributed by atoms with Crippen molar-refractivity contribution < 1.29 is 17.2 Å². The van der Waals surface area contributed by atoms with Gasteiger partial charge >= 0.3 is 0 Å². The molecule has 0 saturated heterocycles. The number of hydrogen-bond acceptors (Lipinski definition) is 4. The molecule has 0 spiro atoms. The van der Waals surface area contributed by atoms with Crippen molar-refractivity contribution in [2.24, 2.45) is 5.73 Å². The van der Waals surface area contributed by atoms with Gasteiger partial charge in [0, 0.05) is 0 Å². The lowest BCUT2D eigenvalue weighted by Crippen LogP contribution is -2.41. The van der Waals surface area contributed by atoms with Crippen molar-refractivity contribution in [3.05, 3.63) is 29.8 Å². The highest BCUT2D eigenvalue weighted by atomic mass is 35.5. The Morgan fingerprint density at radius 2 is 2.05 bits per heavy atom. The van der Waals surface area contributed by atoms with Crippen molar-refractivity contribution in [3.8, 4) is 6.07 Å². The van der Waals surface area contributed by atoms with Gasteiger partial charge in [0.1, 0.15) is 0 Å². The molecule has 1 aromatic carbocycles. The van der Waals surface area contributed by atoms with Crippen molar-refractivity contribution in [1.29, 1.82) is 5.26 Å². The van der Waals surface area contributed by atoms with Gasteiger partial charge in [-0.3, -0.25) is 0 Å². The molecule has 0 saturated carbocycles. The Hall–Kier alpha value is -1.27. The minimum absolute atomic E-state index is 0. The van der Waals surface area contributed by atoms with E-state index in [1.165, 1.54) is 18.2 Å². The van der Waals surface area contributed by atoms with E-state index in [0.717, 1.165) is 6.07 Å². The van der Waals surface area contributed by atoms with Crippen LogP contribution in [0.25, 0.3) is 0 Å². The number of rotatable bonds is 5. The predicted octanol–water partition coefficient (Wildman–Crippen LogP) is 0.852. The number of halogens is 3. The monoisotopic (exact) mass is 311 g/mol. The van der Waals surface area contributed by atoms with Crippen LogP contribution in [0.5, 0.6) is 0 Å². The van der Waals surface area contributed by atoms with Crippen LogP contribution in [0.1, 0.15) is 5.56 Å². The molecule has 0 atom stereocenters. The number of sulfonamides is 1. The van der Waals surface area contributed by atoms with Crippen molar-refractivity contribution in [1.82, 2.24) is 4.72 Å². The Balaban J connectivity index is 0.00000324. The fraction of sp³-hybridized carbons (Fsp3) is 0.300. The van der Waals surface area contributed by atoms with Gasteiger partial charge in [-0.1, -0.05) is 6.07 Å². The number of nitrogens with two attached hydrogens (primary N) is 1. The largest absolute Gasteiger partial charge is 0.325 e. The van der Waals surface area contributed by atoms with Gasteiger partial charge in [-0.15, -0.1) is 12.4 Å². The maximum absolute atomic E-state index is 12.8. The van der Waals surface area contributed by atoms with E-state index in [0.29, 0.717) is 0 Å². The summed E-state index contributed by atoms with van der Waals surface area (Å²) in [6, 6.07) is 6.84. The van der Waals surface area contributed by atoms with Gasteiger partial charge in [-0.2, -0.15) is 5.26 Å². The molecule has 0 aliphatic carbocycles. The fourth-order valence-corrected chi connectivity index (χ4v) is 2.20. The van der Waals surface area contributed by atoms with Crippen LogP contribution in [-0.2, 0) is 10.0 Å². The summed E-state index contributed by atoms with van der Waals surface area (Å²) in [5.74, 6) is -3.31. The zero-order valence-electron chi connectivity index (χ0n) is 9.64. The summed E-state index contributed by atoms with van der Waals surface area (Å²) in [5, 5.41) is 8.62. The molecule has 0 bridgehead atoms. The topological polar surface area (TPSA) is 96.0 Å². The van der Waals surface area contributed by atoms with E-state index in [1.54, 1.807) is 10.8 Å². The number of nitrogens with one attached hydrogen (secondary N) is 1. The second-order valence-corrected chi connectivity index (χ2v) is 5.29. The average molecular weight is 312 g/mol. The van der Waals surface area contributed by atoms with E-state index in [1.807, 2.05) is 0 Å². The lowest BCUT2D eigenvalue weighted by atomic mass is 10.2. The highest BCUT2D eigenvalue weighted by molar-refractivity contribution is 7.89. The maximum atomic E-state index is 12.8. The van der Waals surface area contributed by atoms with Crippen LogP contribution >= 0.6 is 12.4 Å². The second-order valence-electron chi connectivity index (χ2n) is 3.52. The number of nitrogens with zero attached hydrogens (tertiary/aromatic N) is 1. The Morgan fingerprint density at radius 1 is 1.42 bits per heavy atom. The molecule has 0 amide bonds. The van der Waals surface area contributed by atoms with Crippen LogP contribution in [0.4, 0.5) is 8.78 Å². The zero-order valence-corrected chi connectivity index (χ0v) is 11.3. The molecule has 0 fully saturated rings. The quantitative estimate of drug-likeness (QED) is 0.842. The Morgan fingerprint density at radius 3 is 2.58 bits per heavy atom. The zero-order chi connectivity index (χ0) is 13.8. The predicted molar refractivity (Wildman–Crippen MR) is 67.6 cm³/mol. The van der Waals surface area contributed by atoms with Gasteiger partial charge in [0.15, 0.2) is 0 Å². The summed E-state index contributed by atoms with van der Waals surface area (Å²) in [4.78, 5) is -0.241. The van der Waals surface area contributed by atoms with E-state index >= 15 is 0 Å². The molecule has 0 radical (unpaired) electrons. The van der Waals surface area contributed by atoms with Crippen molar-refractivity contribution >= 4 is 22.4 Å². The fourth-order valence-electron chi connectivity index (χ4n) is 1.09. The van der Waals surface area contributed by atoms with Gasteiger partial charge in [0.2, 0.25) is 10.0 Å². The molecule has 0 aliphatic rings. The Bertz CT molecular complexity index is 572. The van der Waals surface area contributed by atoms with Gasteiger partial charge < -0.3 is 5.73 Å². The molecule has 1 aromatic rings. The SMILES string of the molecule is Cl.N#Cc1cccc(S(=O)(=O)NCC(F)(F)CN)c1. The van der Waals surface area contributed by atoms with E-state index in [4.69, 9.17) is 11.0 Å². The second kappa shape index (κ2) is 6.77. The third-order valence-electron chi connectivity index (χ3n) is 2.09. The van der Waals surface area contributed by atoms with Crippen molar-refractivity contribution in [2.75, 3.05) is 13.1 Å². The summed E-state index contributed by atoms with van der Waals surface area (Å²) in [7, 11) is -4.07. The molecule has 0 heterocycles. The first-order valence-electron chi connectivity index (χ1n) is 4.88. The molecule has 0 unspecified atom stereocenters.